The summed E-state index contributed by atoms with van der Waals surface area (Å²) in [7, 11) is 0. The molecule has 130 valence electrons. The predicted molar refractivity (Wildman–Crippen MR) is 85.2 cm³/mol. The topological polar surface area (TPSA) is 89.9 Å². The zero-order chi connectivity index (χ0) is 17.8. The lowest BCUT2D eigenvalue weighted by Crippen LogP contribution is -2.65. The maximum Gasteiger partial charge on any atom is 0.340 e. The number of hydrogen-bond acceptors (Lipinski definition) is 6. The third-order valence-electron chi connectivity index (χ3n) is 4.44. The first-order valence-electron chi connectivity index (χ1n) is 8.06. The monoisotopic (exact) mass is 334 g/mol. The summed E-state index contributed by atoms with van der Waals surface area (Å²) in [4.78, 5) is 37.3. The van der Waals surface area contributed by atoms with E-state index in [1.807, 2.05) is 0 Å². The first kappa shape index (κ1) is 18.1. The Labute approximate surface area is 140 Å². The molecule has 0 aliphatic heterocycles. The molecule has 6 nitrogen and oxygen atoms in total. The molecule has 1 aromatic carbocycles. The molecular formula is C18H22O6. The molecule has 1 fully saturated rings. The molecule has 0 radical (unpaired) electrons. The molecule has 1 aliphatic carbocycles. The van der Waals surface area contributed by atoms with Crippen molar-refractivity contribution in [2.45, 2.75) is 44.1 Å². The van der Waals surface area contributed by atoms with Gasteiger partial charge in [0.15, 0.2) is 5.60 Å². The fourth-order valence-electron chi connectivity index (χ4n) is 3.30. The number of Topliss-reactive ketones (excluding diaryl/α,β-unsaturated/α-hetero) is 1. The van der Waals surface area contributed by atoms with Gasteiger partial charge in [-0.05, 0) is 25.8 Å². The second-order valence-electron chi connectivity index (χ2n) is 5.79. The molecular weight excluding hydrogens is 312 g/mol. The second-order valence-corrected chi connectivity index (χ2v) is 5.79. The van der Waals surface area contributed by atoms with Crippen LogP contribution in [0.3, 0.4) is 0 Å². The van der Waals surface area contributed by atoms with Gasteiger partial charge in [-0.2, -0.15) is 0 Å². The highest BCUT2D eigenvalue weighted by Crippen LogP contribution is 2.47. The van der Waals surface area contributed by atoms with Gasteiger partial charge in [0.2, 0.25) is 0 Å². The maximum absolute atomic E-state index is 12.9. The average Bonchev–Trinajstić information content (AvgIpc) is 2.56. The van der Waals surface area contributed by atoms with Gasteiger partial charge in [-0.15, -0.1) is 0 Å². The van der Waals surface area contributed by atoms with Gasteiger partial charge in [-0.25, -0.2) is 4.79 Å². The van der Waals surface area contributed by atoms with Crippen LogP contribution in [0.15, 0.2) is 30.3 Å². The zero-order valence-electron chi connectivity index (χ0n) is 13.9. The van der Waals surface area contributed by atoms with Gasteiger partial charge in [0, 0.05) is 12.8 Å². The standard InChI is InChI=1S/C18H22O6/c1-3-23-15(20)17(13-8-6-5-7-9-13)11-10-14(19)12-18(17,22)16(21)24-4-2/h5-9,22H,3-4,10-12H2,1-2H3/t17-,18+/m1/s1. The Bertz CT molecular complexity index is 626. The van der Waals surface area contributed by atoms with Crippen LogP contribution in [-0.4, -0.2) is 41.6 Å². The van der Waals surface area contributed by atoms with Crippen molar-refractivity contribution in [2.75, 3.05) is 13.2 Å². The van der Waals surface area contributed by atoms with Crippen molar-refractivity contribution in [1.29, 1.82) is 0 Å². The highest BCUT2D eigenvalue weighted by Gasteiger charge is 2.65. The lowest BCUT2D eigenvalue weighted by Gasteiger charge is -2.46. The van der Waals surface area contributed by atoms with E-state index in [9.17, 15) is 19.5 Å². The quantitative estimate of drug-likeness (QED) is 0.822. The number of rotatable bonds is 5. The Kier molecular flexibility index (Phi) is 5.39. The van der Waals surface area contributed by atoms with Gasteiger partial charge in [0.1, 0.15) is 11.2 Å². The number of ketones is 1. The largest absolute Gasteiger partial charge is 0.465 e. The van der Waals surface area contributed by atoms with E-state index in [1.54, 1.807) is 44.2 Å². The van der Waals surface area contributed by atoms with Gasteiger partial charge >= 0.3 is 11.9 Å². The van der Waals surface area contributed by atoms with Crippen LogP contribution in [0.1, 0.15) is 38.7 Å². The highest BCUT2D eigenvalue weighted by molar-refractivity contribution is 6.00. The van der Waals surface area contributed by atoms with E-state index in [2.05, 4.69) is 0 Å². The average molecular weight is 334 g/mol. The summed E-state index contributed by atoms with van der Waals surface area (Å²) in [5.74, 6) is -1.99. The normalized spacial score (nSPS) is 26.7. The number of benzene rings is 1. The van der Waals surface area contributed by atoms with Crippen molar-refractivity contribution in [3.8, 4) is 0 Å². The Morgan fingerprint density at radius 3 is 2.25 bits per heavy atom. The fourth-order valence-corrected chi connectivity index (χ4v) is 3.30. The molecule has 6 heteroatoms. The molecule has 1 N–H and O–H groups in total. The molecule has 0 bridgehead atoms. The van der Waals surface area contributed by atoms with Crippen molar-refractivity contribution in [3.05, 3.63) is 35.9 Å². The number of esters is 2. The van der Waals surface area contributed by atoms with E-state index in [-0.39, 0.29) is 31.8 Å². The van der Waals surface area contributed by atoms with E-state index in [0.717, 1.165) is 0 Å². The van der Waals surface area contributed by atoms with Gasteiger partial charge in [0.05, 0.1) is 13.2 Å². The first-order valence-corrected chi connectivity index (χ1v) is 8.06. The smallest absolute Gasteiger partial charge is 0.340 e. The van der Waals surface area contributed by atoms with Crippen molar-refractivity contribution in [1.82, 2.24) is 0 Å². The summed E-state index contributed by atoms with van der Waals surface area (Å²) in [5.41, 5.74) is -3.51. The van der Waals surface area contributed by atoms with Crippen LogP contribution in [0, 0.1) is 0 Å². The van der Waals surface area contributed by atoms with Gasteiger partial charge < -0.3 is 14.6 Å². The van der Waals surface area contributed by atoms with Crippen LogP contribution in [0.25, 0.3) is 0 Å². The Balaban J connectivity index is 2.66. The molecule has 0 saturated heterocycles. The molecule has 0 heterocycles. The van der Waals surface area contributed by atoms with E-state index >= 15 is 0 Å². The molecule has 24 heavy (non-hydrogen) atoms. The third-order valence-corrected chi connectivity index (χ3v) is 4.44. The number of ether oxygens (including phenoxy) is 2. The lowest BCUT2D eigenvalue weighted by atomic mass is 9.59. The van der Waals surface area contributed by atoms with Crippen molar-refractivity contribution >= 4 is 17.7 Å². The Morgan fingerprint density at radius 2 is 1.67 bits per heavy atom. The summed E-state index contributed by atoms with van der Waals surface area (Å²) in [6, 6.07) is 8.48. The molecule has 1 aliphatic rings. The van der Waals surface area contributed by atoms with Gasteiger partial charge in [0.25, 0.3) is 0 Å². The molecule has 2 atom stereocenters. The summed E-state index contributed by atoms with van der Waals surface area (Å²) < 4.78 is 10.2. The number of carbonyl (C=O) groups is 3. The molecule has 0 spiro atoms. The Morgan fingerprint density at radius 1 is 1.08 bits per heavy atom. The third kappa shape index (κ3) is 2.82. The number of carbonyl (C=O) groups excluding carboxylic acids is 3. The minimum absolute atomic E-state index is 0.00993. The van der Waals surface area contributed by atoms with Gasteiger partial charge in [-0.3, -0.25) is 9.59 Å². The minimum atomic E-state index is -2.29. The van der Waals surface area contributed by atoms with Gasteiger partial charge in [-0.1, -0.05) is 30.3 Å². The van der Waals surface area contributed by atoms with Crippen LogP contribution in [0.5, 0.6) is 0 Å². The highest BCUT2D eigenvalue weighted by atomic mass is 16.6. The van der Waals surface area contributed by atoms with E-state index in [4.69, 9.17) is 9.47 Å². The summed E-state index contributed by atoms with van der Waals surface area (Å²) in [5, 5.41) is 11.2. The predicted octanol–water partition coefficient (Wildman–Crippen LogP) is 1.53. The van der Waals surface area contributed by atoms with E-state index in [0.29, 0.717) is 5.56 Å². The molecule has 1 saturated carbocycles. The first-order chi connectivity index (χ1) is 11.4. The zero-order valence-corrected chi connectivity index (χ0v) is 13.9. The van der Waals surface area contributed by atoms with Crippen LogP contribution >= 0.6 is 0 Å². The molecule has 0 unspecified atom stereocenters. The van der Waals surface area contributed by atoms with Crippen LogP contribution in [-0.2, 0) is 29.3 Å². The molecule has 0 amide bonds. The van der Waals surface area contributed by atoms with Crippen LogP contribution in [0.2, 0.25) is 0 Å². The maximum atomic E-state index is 12.9. The van der Waals surface area contributed by atoms with E-state index in [1.165, 1.54) is 0 Å². The van der Waals surface area contributed by atoms with E-state index < -0.39 is 29.4 Å². The summed E-state index contributed by atoms with van der Waals surface area (Å²) in [6.07, 6.45) is -0.404. The van der Waals surface area contributed by atoms with Crippen molar-refractivity contribution in [3.63, 3.8) is 0 Å². The summed E-state index contributed by atoms with van der Waals surface area (Å²) in [6.45, 7) is 3.37. The lowest BCUT2D eigenvalue weighted by molar-refractivity contribution is -0.191. The fraction of sp³-hybridized carbons (Fsp3) is 0.500. The number of aliphatic hydroxyl groups is 1. The minimum Gasteiger partial charge on any atom is -0.465 e. The molecule has 2 rings (SSSR count). The van der Waals surface area contributed by atoms with Crippen molar-refractivity contribution < 1.29 is 29.0 Å². The number of hydrogen-bond donors (Lipinski definition) is 1. The molecule has 0 aromatic heterocycles. The second kappa shape index (κ2) is 7.13. The molecule has 1 aromatic rings. The Hall–Kier alpha value is -2.21. The van der Waals surface area contributed by atoms with Crippen LogP contribution < -0.4 is 0 Å². The van der Waals surface area contributed by atoms with Crippen molar-refractivity contribution in [2.24, 2.45) is 0 Å². The van der Waals surface area contributed by atoms with Crippen LogP contribution in [0.4, 0.5) is 0 Å². The summed E-state index contributed by atoms with van der Waals surface area (Å²) >= 11 is 0. The SMILES string of the molecule is CCOC(=O)[C@]1(c2ccccc2)CCC(=O)C[C@]1(O)C(=O)OCC.